The van der Waals surface area contributed by atoms with Gasteiger partial charge in [0, 0.05) is 17.7 Å². The molecule has 1 heterocycles. The van der Waals surface area contributed by atoms with Gasteiger partial charge in [0.15, 0.2) is 0 Å². The number of hydrogen-bond donors (Lipinski definition) is 2. The van der Waals surface area contributed by atoms with Crippen LogP contribution >= 0.6 is 0 Å². The van der Waals surface area contributed by atoms with Crippen molar-refractivity contribution in [2.24, 2.45) is 0 Å². The largest absolute Gasteiger partial charge is 0.469 e. The first kappa shape index (κ1) is 29.4. The Balaban J connectivity index is 1.93. The molecular weight excluding hydrogens is 470 g/mol. The molecule has 4 nitrogen and oxygen atoms in total. The maximum atomic E-state index is 11.8. The van der Waals surface area contributed by atoms with Crippen LogP contribution in [0, 0.1) is 6.92 Å². The highest BCUT2D eigenvalue weighted by atomic mass is 16.5. The van der Waals surface area contributed by atoms with Crippen molar-refractivity contribution in [3.8, 4) is 0 Å². The van der Waals surface area contributed by atoms with E-state index in [1.54, 1.807) is 0 Å². The fourth-order valence-corrected chi connectivity index (χ4v) is 5.47. The van der Waals surface area contributed by atoms with Gasteiger partial charge in [-0.05, 0) is 78.5 Å². The Morgan fingerprint density at radius 2 is 1.63 bits per heavy atom. The first-order chi connectivity index (χ1) is 18.1. The van der Waals surface area contributed by atoms with Gasteiger partial charge >= 0.3 is 5.97 Å². The van der Waals surface area contributed by atoms with Crippen LogP contribution in [0.15, 0.2) is 66.4 Å². The Morgan fingerprint density at radius 3 is 2.18 bits per heavy atom. The van der Waals surface area contributed by atoms with Gasteiger partial charge in [0.1, 0.15) is 0 Å². The Bertz CT molecular complexity index is 1190. The average Bonchev–Trinajstić information content (AvgIpc) is 2.94. The SMILES string of the molecule is CCC(O)(/C=C/c1ccc(C(CC)(CC)c2ccc(C3=CC(CC(=O)OC)=CNC3C)cc2)cc1C)CC. The molecule has 1 aliphatic rings. The Hall–Kier alpha value is -3.11. The zero-order chi connectivity index (χ0) is 27.9. The number of allylic oxidation sites excluding steroid dienone is 1. The van der Waals surface area contributed by atoms with E-state index in [0.717, 1.165) is 29.5 Å². The average molecular weight is 516 g/mol. The van der Waals surface area contributed by atoms with Crippen molar-refractivity contribution >= 4 is 17.6 Å². The minimum absolute atomic E-state index is 0.0835. The normalized spacial score (nSPS) is 16.2. The maximum absolute atomic E-state index is 11.8. The number of ether oxygens (including phenoxy) is 1. The van der Waals surface area contributed by atoms with E-state index in [2.05, 4.69) is 87.6 Å². The highest BCUT2D eigenvalue weighted by Crippen LogP contribution is 2.40. The van der Waals surface area contributed by atoms with E-state index in [1.165, 1.54) is 29.4 Å². The second-order valence-electron chi connectivity index (χ2n) is 10.5. The zero-order valence-corrected chi connectivity index (χ0v) is 24.2. The minimum atomic E-state index is -0.750. The van der Waals surface area contributed by atoms with Crippen molar-refractivity contribution in [2.75, 3.05) is 7.11 Å². The van der Waals surface area contributed by atoms with Gasteiger partial charge in [0.05, 0.1) is 19.1 Å². The van der Waals surface area contributed by atoms with Crippen molar-refractivity contribution < 1.29 is 14.6 Å². The summed E-state index contributed by atoms with van der Waals surface area (Å²) < 4.78 is 4.84. The molecule has 3 rings (SSSR count). The van der Waals surface area contributed by atoms with Crippen LogP contribution in [-0.2, 0) is 14.9 Å². The molecule has 0 amide bonds. The second-order valence-corrected chi connectivity index (χ2v) is 10.5. The van der Waals surface area contributed by atoms with E-state index < -0.39 is 5.60 Å². The second kappa shape index (κ2) is 12.6. The molecule has 1 aliphatic heterocycles. The summed E-state index contributed by atoms with van der Waals surface area (Å²) in [5, 5.41) is 14.1. The molecular formula is C34H45NO3. The van der Waals surface area contributed by atoms with Crippen LogP contribution in [0.4, 0.5) is 0 Å². The Labute approximate surface area is 229 Å². The summed E-state index contributed by atoms with van der Waals surface area (Å²) >= 11 is 0. The smallest absolute Gasteiger partial charge is 0.310 e. The predicted octanol–water partition coefficient (Wildman–Crippen LogP) is 7.49. The highest BCUT2D eigenvalue weighted by Gasteiger charge is 2.31. The number of methoxy groups -OCH3 is 1. The maximum Gasteiger partial charge on any atom is 0.310 e. The lowest BCUT2D eigenvalue weighted by atomic mass is 9.70. The number of aliphatic hydroxyl groups is 1. The molecule has 4 heteroatoms. The van der Waals surface area contributed by atoms with E-state index in [-0.39, 0.29) is 23.8 Å². The Kier molecular flexibility index (Phi) is 9.78. The van der Waals surface area contributed by atoms with Gasteiger partial charge in [0.2, 0.25) is 0 Å². The summed E-state index contributed by atoms with van der Waals surface area (Å²) in [5.41, 5.74) is 7.40. The number of nitrogens with one attached hydrogen (secondary N) is 1. The number of carbonyl (C=O) groups is 1. The van der Waals surface area contributed by atoms with Crippen molar-refractivity contribution in [1.82, 2.24) is 5.32 Å². The van der Waals surface area contributed by atoms with E-state index in [4.69, 9.17) is 4.74 Å². The van der Waals surface area contributed by atoms with Gasteiger partial charge < -0.3 is 15.2 Å². The fraction of sp³-hybridized carbons (Fsp3) is 0.441. The first-order valence-corrected chi connectivity index (χ1v) is 14.0. The van der Waals surface area contributed by atoms with Crippen LogP contribution in [0.3, 0.4) is 0 Å². The summed E-state index contributed by atoms with van der Waals surface area (Å²) in [5.74, 6) is -0.238. The molecule has 2 aromatic rings. The molecule has 0 saturated carbocycles. The first-order valence-electron chi connectivity index (χ1n) is 14.0. The number of carbonyl (C=O) groups excluding carboxylic acids is 1. The molecule has 0 fully saturated rings. The molecule has 204 valence electrons. The number of benzene rings is 2. The third kappa shape index (κ3) is 6.30. The van der Waals surface area contributed by atoms with Crippen LogP contribution in [-0.4, -0.2) is 29.8 Å². The van der Waals surface area contributed by atoms with Crippen LogP contribution in [0.1, 0.15) is 94.5 Å². The molecule has 2 N–H and O–H groups in total. The highest BCUT2D eigenvalue weighted by molar-refractivity contribution is 5.78. The third-order valence-electron chi connectivity index (χ3n) is 8.50. The summed E-state index contributed by atoms with van der Waals surface area (Å²) in [6, 6.07) is 15.9. The van der Waals surface area contributed by atoms with E-state index in [9.17, 15) is 9.90 Å². The molecule has 1 atom stereocenters. The summed E-state index contributed by atoms with van der Waals surface area (Å²) in [7, 11) is 1.42. The molecule has 38 heavy (non-hydrogen) atoms. The quantitative estimate of drug-likeness (QED) is 0.304. The van der Waals surface area contributed by atoms with Crippen LogP contribution < -0.4 is 5.32 Å². The zero-order valence-electron chi connectivity index (χ0n) is 24.2. The lowest BCUT2D eigenvalue weighted by molar-refractivity contribution is -0.139. The lowest BCUT2D eigenvalue weighted by Gasteiger charge is -2.34. The predicted molar refractivity (Wildman–Crippen MR) is 159 cm³/mol. The van der Waals surface area contributed by atoms with Crippen molar-refractivity contribution in [3.63, 3.8) is 0 Å². The standard InChI is InChI=1S/C34H45NO3/c1-8-33(37,9-2)19-18-27-12-17-30(20-24(27)5)34(10-3,11-4)29-15-13-28(14-16-29)31-21-26(22-32(36)38-7)23-35-25(31)6/h12-21,23,25,35,37H,8-11,22H2,1-7H3/b19-18+. The third-order valence-corrected chi connectivity index (χ3v) is 8.50. The minimum Gasteiger partial charge on any atom is -0.469 e. The molecule has 0 aromatic heterocycles. The van der Waals surface area contributed by atoms with Gasteiger partial charge in [-0.3, -0.25) is 4.79 Å². The van der Waals surface area contributed by atoms with E-state index in [0.29, 0.717) is 12.8 Å². The van der Waals surface area contributed by atoms with Crippen molar-refractivity contribution in [2.45, 2.75) is 90.7 Å². The van der Waals surface area contributed by atoms with Crippen LogP contribution in [0.25, 0.3) is 11.6 Å². The summed E-state index contributed by atoms with van der Waals surface area (Å²) in [6.45, 7) is 12.9. The van der Waals surface area contributed by atoms with Gasteiger partial charge in [-0.25, -0.2) is 0 Å². The van der Waals surface area contributed by atoms with Gasteiger partial charge in [0.25, 0.3) is 0 Å². The molecule has 1 unspecified atom stereocenters. The molecule has 0 radical (unpaired) electrons. The monoisotopic (exact) mass is 515 g/mol. The molecule has 0 aliphatic carbocycles. The van der Waals surface area contributed by atoms with Crippen LogP contribution in [0.5, 0.6) is 0 Å². The van der Waals surface area contributed by atoms with Crippen LogP contribution in [0.2, 0.25) is 0 Å². The van der Waals surface area contributed by atoms with Gasteiger partial charge in [-0.1, -0.05) is 88.4 Å². The number of esters is 1. The van der Waals surface area contributed by atoms with E-state index >= 15 is 0 Å². The number of dihydropyridines is 1. The van der Waals surface area contributed by atoms with Gasteiger partial charge in [-0.15, -0.1) is 0 Å². The molecule has 2 aromatic carbocycles. The summed E-state index contributed by atoms with van der Waals surface area (Å²) in [6.07, 6.45) is 11.7. The fourth-order valence-electron chi connectivity index (χ4n) is 5.47. The van der Waals surface area contributed by atoms with Crippen molar-refractivity contribution in [3.05, 3.63) is 94.2 Å². The molecule has 0 saturated heterocycles. The topological polar surface area (TPSA) is 58.6 Å². The van der Waals surface area contributed by atoms with Gasteiger partial charge in [-0.2, -0.15) is 0 Å². The molecule has 0 spiro atoms. The summed E-state index contributed by atoms with van der Waals surface area (Å²) in [4.78, 5) is 11.8. The van der Waals surface area contributed by atoms with Crippen molar-refractivity contribution in [1.29, 1.82) is 0 Å². The molecule has 0 bridgehead atoms. The Morgan fingerprint density at radius 1 is 1.00 bits per heavy atom. The number of hydrogen-bond acceptors (Lipinski definition) is 4. The number of rotatable bonds is 11. The number of aryl methyl sites for hydroxylation is 1. The lowest BCUT2D eigenvalue weighted by Crippen LogP contribution is -2.27. The van der Waals surface area contributed by atoms with E-state index in [1.807, 2.05) is 26.1 Å².